The quantitative estimate of drug-likeness (QED) is 0.761. The van der Waals surface area contributed by atoms with Crippen LogP contribution in [-0.4, -0.2) is 19.2 Å². The van der Waals surface area contributed by atoms with E-state index in [1.54, 1.807) is 11.3 Å². The number of imidazole rings is 1. The Morgan fingerprint density at radius 1 is 1.41 bits per heavy atom. The normalized spacial score (nSPS) is 11.4. The molecule has 2 N–H and O–H groups in total. The van der Waals surface area contributed by atoms with Crippen molar-refractivity contribution in [1.29, 1.82) is 0 Å². The molecule has 0 aromatic carbocycles. The lowest BCUT2D eigenvalue weighted by Crippen LogP contribution is -2.00. The number of hydrogen-bond acceptors (Lipinski definition) is 4. The maximum Gasteiger partial charge on any atom is 0.193 e. The standard InChI is InChI=1S/C11H13N5S/c1-8-9(4-12)5-16(14-8)7-10-6-15-2-3-17-11(15)13-10/h2-3,5-6H,4,7,12H2,1H3. The van der Waals surface area contributed by atoms with Crippen LogP contribution < -0.4 is 5.73 Å². The average molecular weight is 247 g/mol. The zero-order chi connectivity index (χ0) is 11.8. The van der Waals surface area contributed by atoms with E-state index in [4.69, 9.17) is 5.73 Å². The van der Waals surface area contributed by atoms with Gasteiger partial charge in [0.05, 0.1) is 17.9 Å². The minimum atomic E-state index is 0.532. The Balaban J connectivity index is 1.88. The smallest absolute Gasteiger partial charge is 0.193 e. The molecule has 0 radical (unpaired) electrons. The van der Waals surface area contributed by atoms with Gasteiger partial charge in [0, 0.05) is 36.1 Å². The highest BCUT2D eigenvalue weighted by Gasteiger charge is 2.06. The monoisotopic (exact) mass is 247 g/mol. The van der Waals surface area contributed by atoms with Crippen LogP contribution in [0.5, 0.6) is 0 Å². The van der Waals surface area contributed by atoms with Gasteiger partial charge in [-0.2, -0.15) is 5.10 Å². The molecule has 0 aliphatic rings. The Kier molecular flexibility index (Phi) is 2.45. The molecule has 0 spiro atoms. The van der Waals surface area contributed by atoms with Crippen molar-refractivity contribution in [2.45, 2.75) is 20.0 Å². The van der Waals surface area contributed by atoms with Crippen molar-refractivity contribution in [1.82, 2.24) is 19.2 Å². The molecule has 3 heterocycles. The van der Waals surface area contributed by atoms with Gasteiger partial charge in [-0.15, -0.1) is 11.3 Å². The van der Waals surface area contributed by atoms with E-state index in [2.05, 4.69) is 10.1 Å². The van der Waals surface area contributed by atoms with E-state index in [0.717, 1.165) is 21.9 Å². The summed E-state index contributed by atoms with van der Waals surface area (Å²) in [5.41, 5.74) is 8.73. The summed E-state index contributed by atoms with van der Waals surface area (Å²) < 4.78 is 3.92. The molecular weight excluding hydrogens is 234 g/mol. The topological polar surface area (TPSA) is 61.1 Å². The predicted molar refractivity (Wildman–Crippen MR) is 67.0 cm³/mol. The minimum Gasteiger partial charge on any atom is -0.326 e. The predicted octanol–water partition coefficient (Wildman–Crippen LogP) is 1.41. The average Bonchev–Trinajstić information content (AvgIpc) is 2.93. The highest BCUT2D eigenvalue weighted by Crippen LogP contribution is 2.13. The molecule has 3 aromatic rings. The fraction of sp³-hybridized carbons (Fsp3) is 0.273. The zero-order valence-electron chi connectivity index (χ0n) is 9.50. The summed E-state index contributed by atoms with van der Waals surface area (Å²) in [6.07, 6.45) is 6.03. The Bertz CT molecular complexity index is 619. The first-order valence-electron chi connectivity index (χ1n) is 5.40. The second-order valence-corrected chi connectivity index (χ2v) is 4.84. The Hall–Kier alpha value is -1.66. The summed E-state index contributed by atoms with van der Waals surface area (Å²) in [4.78, 5) is 5.54. The lowest BCUT2D eigenvalue weighted by Gasteiger charge is -1.95. The second-order valence-electron chi connectivity index (χ2n) is 3.97. The minimum absolute atomic E-state index is 0.532. The van der Waals surface area contributed by atoms with E-state index in [0.29, 0.717) is 13.1 Å². The number of nitrogens with two attached hydrogens (primary N) is 1. The van der Waals surface area contributed by atoms with Crippen LogP contribution in [-0.2, 0) is 13.1 Å². The van der Waals surface area contributed by atoms with E-state index in [-0.39, 0.29) is 0 Å². The van der Waals surface area contributed by atoms with Crippen LogP contribution in [0.4, 0.5) is 0 Å². The van der Waals surface area contributed by atoms with Crippen LogP contribution in [0.3, 0.4) is 0 Å². The zero-order valence-corrected chi connectivity index (χ0v) is 10.3. The molecule has 3 aromatic heterocycles. The second kappa shape index (κ2) is 3.97. The summed E-state index contributed by atoms with van der Waals surface area (Å²) >= 11 is 1.63. The van der Waals surface area contributed by atoms with Gasteiger partial charge >= 0.3 is 0 Å². The lowest BCUT2D eigenvalue weighted by atomic mass is 10.3. The maximum atomic E-state index is 5.63. The van der Waals surface area contributed by atoms with Crippen LogP contribution in [0.15, 0.2) is 24.0 Å². The molecule has 0 aliphatic carbocycles. The van der Waals surface area contributed by atoms with Gasteiger partial charge in [-0.05, 0) is 6.92 Å². The van der Waals surface area contributed by atoms with Crippen LogP contribution >= 0.6 is 11.3 Å². The van der Waals surface area contributed by atoms with Crippen LogP contribution in [0.1, 0.15) is 17.0 Å². The first kappa shape index (κ1) is 10.5. The fourth-order valence-corrected chi connectivity index (χ4v) is 2.58. The number of thiazole rings is 1. The van der Waals surface area contributed by atoms with E-state index in [9.17, 15) is 0 Å². The number of hydrogen-bond donors (Lipinski definition) is 1. The highest BCUT2D eigenvalue weighted by molar-refractivity contribution is 7.15. The molecule has 88 valence electrons. The molecule has 0 unspecified atom stereocenters. The van der Waals surface area contributed by atoms with Crippen molar-refractivity contribution in [3.8, 4) is 0 Å². The van der Waals surface area contributed by atoms with E-state index >= 15 is 0 Å². The van der Waals surface area contributed by atoms with Crippen LogP contribution in [0.2, 0.25) is 0 Å². The number of nitrogens with zero attached hydrogens (tertiary/aromatic N) is 4. The summed E-state index contributed by atoms with van der Waals surface area (Å²) in [5, 5.41) is 6.45. The molecule has 0 fully saturated rings. The largest absolute Gasteiger partial charge is 0.326 e. The van der Waals surface area contributed by atoms with Crippen molar-refractivity contribution in [3.63, 3.8) is 0 Å². The molecule has 6 heteroatoms. The van der Waals surface area contributed by atoms with Crippen molar-refractivity contribution in [2.24, 2.45) is 5.73 Å². The van der Waals surface area contributed by atoms with Gasteiger partial charge in [0.1, 0.15) is 0 Å². The summed E-state index contributed by atoms with van der Waals surface area (Å²) in [7, 11) is 0. The fourth-order valence-electron chi connectivity index (χ4n) is 1.86. The number of rotatable bonds is 3. The first-order chi connectivity index (χ1) is 8.26. The third-order valence-corrected chi connectivity index (χ3v) is 3.51. The first-order valence-corrected chi connectivity index (χ1v) is 6.28. The van der Waals surface area contributed by atoms with Crippen LogP contribution in [0, 0.1) is 6.92 Å². The summed E-state index contributed by atoms with van der Waals surface area (Å²) in [6, 6.07) is 0. The molecule has 0 saturated carbocycles. The van der Waals surface area contributed by atoms with Crippen molar-refractivity contribution >= 4 is 16.3 Å². The Labute approximate surface area is 103 Å². The number of aryl methyl sites for hydroxylation is 1. The van der Waals surface area contributed by atoms with Crippen molar-refractivity contribution < 1.29 is 0 Å². The molecule has 0 saturated heterocycles. The third-order valence-electron chi connectivity index (χ3n) is 2.74. The molecular formula is C11H13N5S. The molecule has 0 aliphatic heterocycles. The van der Waals surface area contributed by atoms with Gasteiger partial charge in [0.15, 0.2) is 4.96 Å². The van der Waals surface area contributed by atoms with Gasteiger partial charge in [0.2, 0.25) is 0 Å². The van der Waals surface area contributed by atoms with Gasteiger partial charge in [0.25, 0.3) is 0 Å². The SMILES string of the molecule is Cc1nn(Cc2cn3ccsc3n2)cc1CN. The summed E-state index contributed by atoms with van der Waals surface area (Å²) in [5.74, 6) is 0. The van der Waals surface area contributed by atoms with Gasteiger partial charge in [-0.1, -0.05) is 0 Å². The van der Waals surface area contributed by atoms with E-state index in [1.807, 2.05) is 40.0 Å². The van der Waals surface area contributed by atoms with Crippen molar-refractivity contribution in [3.05, 3.63) is 40.9 Å². The Morgan fingerprint density at radius 3 is 3.00 bits per heavy atom. The van der Waals surface area contributed by atoms with Crippen molar-refractivity contribution in [2.75, 3.05) is 0 Å². The lowest BCUT2D eigenvalue weighted by molar-refractivity contribution is 0.669. The molecule has 0 atom stereocenters. The molecule has 0 amide bonds. The molecule has 3 rings (SSSR count). The van der Waals surface area contributed by atoms with Crippen LogP contribution in [0.25, 0.3) is 4.96 Å². The van der Waals surface area contributed by atoms with Gasteiger partial charge in [-0.25, -0.2) is 4.98 Å². The third kappa shape index (κ3) is 1.85. The molecule has 5 nitrogen and oxygen atoms in total. The molecule has 0 bridgehead atoms. The van der Waals surface area contributed by atoms with Gasteiger partial charge in [-0.3, -0.25) is 9.08 Å². The molecule has 17 heavy (non-hydrogen) atoms. The number of aromatic nitrogens is 4. The highest BCUT2D eigenvalue weighted by atomic mass is 32.1. The summed E-state index contributed by atoms with van der Waals surface area (Å²) in [6.45, 7) is 3.20. The van der Waals surface area contributed by atoms with E-state index in [1.165, 1.54) is 0 Å². The van der Waals surface area contributed by atoms with E-state index < -0.39 is 0 Å². The Morgan fingerprint density at radius 2 is 2.29 bits per heavy atom. The van der Waals surface area contributed by atoms with Gasteiger partial charge < -0.3 is 5.73 Å². The number of fused-ring (bicyclic) bond motifs is 1. The maximum absolute atomic E-state index is 5.63.